The Labute approximate surface area is 115 Å². The first kappa shape index (κ1) is 17.9. The molecule has 0 bridgehead atoms. The summed E-state index contributed by atoms with van der Waals surface area (Å²) >= 11 is 0. The van der Waals surface area contributed by atoms with Crippen LogP contribution in [0.3, 0.4) is 0 Å². The standard InChI is InChI=1S/C13H30O3Si2/c1-10(2)12(11(3)15-17(4,5)6)13(14)16-18(7,8)9/h10-12H,1-9H3. The molecule has 0 N–H and O–H groups in total. The summed E-state index contributed by atoms with van der Waals surface area (Å²) in [6, 6.07) is 0. The molecular weight excluding hydrogens is 260 g/mol. The van der Waals surface area contributed by atoms with Crippen molar-refractivity contribution >= 4 is 22.6 Å². The molecule has 0 aromatic carbocycles. The van der Waals surface area contributed by atoms with E-state index in [1.165, 1.54) is 0 Å². The molecule has 2 unspecified atom stereocenters. The molecule has 108 valence electrons. The van der Waals surface area contributed by atoms with E-state index in [1.54, 1.807) is 0 Å². The quantitative estimate of drug-likeness (QED) is 0.696. The highest BCUT2D eigenvalue weighted by molar-refractivity contribution is 6.71. The minimum atomic E-state index is -1.83. The summed E-state index contributed by atoms with van der Waals surface area (Å²) in [7, 11) is -3.46. The maximum Gasteiger partial charge on any atom is 0.298 e. The number of carbonyl (C=O) groups excluding carboxylic acids is 1. The first-order chi connectivity index (χ1) is 7.83. The molecule has 5 heteroatoms. The second-order valence-corrected chi connectivity index (χ2v) is 16.1. The number of hydrogen-bond acceptors (Lipinski definition) is 3. The van der Waals surface area contributed by atoms with Gasteiger partial charge in [0.2, 0.25) is 8.32 Å². The largest absolute Gasteiger partial charge is 0.520 e. The van der Waals surface area contributed by atoms with Gasteiger partial charge in [-0.15, -0.1) is 0 Å². The molecule has 0 aliphatic rings. The van der Waals surface area contributed by atoms with E-state index < -0.39 is 16.6 Å². The van der Waals surface area contributed by atoms with Gasteiger partial charge in [-0.3, -0.25) is 4.79 Å². The average molecular weight is 291 g/mol. The summed E-state index contributed by atoms with van der Waals surface area (Å²) in [6.45, 7) is 18.6. The van der Waals surface area contributed by atoms with Crippen LogP contribution in [0.15, 0.2) is 0 Å². The van der Waals surface area contributed by atoms with Crippen molar-refractivity contribution in [2.75, 3.05) is 0 Å². The summed E-state index contributed by atoms with van der Waals surface area (Å²) in [5.41, 5.74) is 0. The summed E-state index contributed by atoms with van der Waals surface area (Å²) in [5, 5.41) is 0. The van der Waals surface area contributed by atoms with Crippen LogP contribution in [0.4, 0.5) is 0 Å². The Balaban J connectivity index is 4.81. The Hall–Kier alpha value is -0.136. The Bertz CT molecular complexity index is 277. The van der Waals surface area contributed by atoms with Crippen LogP contribution in [0.5, 0.6) is 0 Å². The molecule has 0 aliphatic heterocycles. The van der Waals surface area contributed by atoms with Gasteiger partial charge in [-0.05, 0) is 52.1 Å². The first-order valence-corrected chi connectivity index (χ1v) is 13.6. The fraction of sp³-hybridized carbons (Fsp3) is 0.923. The van der Waals surface area contributed by atoms with Crippen molar-refractivity contribution in [1.82, 2.24) is 0 Å². The average Bonchev–Trinajstić information content (AvgIpc) is 1.93. The van der Waals surface area contributed by atoms with Crippen LogP contribution in [-0.2, 0) is 13.6 Å². The SMILES string of the molecule is CC(C)C(C(=O)O[Si](C)(C)C)C(C)O[Si](C)(C)C. The minimum absolute atomic E-state index is 0.0690. The molecule has 0 aliphatic carbocycles. The van der Waals surface area contributed by atoms with E-state index in [9.17, 15) is 4.79 Å². The molecule has 0 saturated heterocycles. The molecule has 0 saturated carbocycles. The maximum absolute atomic E-state index is 12.3. The molecule has 0 heterocycles. The van der Waals surface area contributed by atoms with Gasteiger partial charge in [-0.25, -0.2) is 0 Å². The lowest BCUT2D eigenvalue weighted by Gasteiger charge is -2.32. The van der Waals surface area contributed by atoms with Gasteiger partial charge in [-0.1, -0.05) is 13.8 Å². The molecule has 0 aromatic rings. The predicted octanol–water partition coefficient (Wildman–Crippen LogP) is 3.88. The summed E-state index contributed by atoms with van der Waals surface area (Å²) in [6.07, 6.45) is -0.0690. The van der Waals surface area contributed by atoms with Crippen molar-refractivity contribution in [2.45, 2.75) is 66.2 Å². The lowest BCUT2D eigenvalue weighted by atomic mass is 9.91. The molecule has 18 heavy (non-hydrogen) atoms. The molecule has 3 nitrogen and oxygen atoms in total. The molecule has 0 rings (SSSR count). The lowest BCUT2D eigenvalue weighted by Crippen LogP contribution is -2.43. The molecule has 0 fully saturated rings. The van der Waals surface area contributed by atoms with Crippen LogP contribution >= 0.6 is 0 Å². The Morgan fingerprint density at radius 2 is 1.33 bits per heavy atom. The van der Waals surface area contributed by atoms with Gasteiger partial charge < -0.3 is 8.85 Å². The van der Waals surface area contributed by atoms with Gasteiger partial charge in [0.25, 0.3) is 5.97 Å². The first-order valence-electron chi connectivity index (χ1n) is 6.74. The normalized spacial score (nSPS) is 16.6. The van der Waals surface area contributed by atoms with E-state index >= 15 is 0 Å². The molecule has 0 aromatic heterocycles. The zero-order valence-corrected chi connectivity index (χ0v) is 15.5. The molecule has 0 radical (unpaired) electrons. The highest BCUT2D eigenvalue weighted by Gasteiger charge is 2.35. The third-order valence-corrected chi connectivity index (χ3v) is 4.33. The van der Waals surface area contributed by atoms with Crippen LogP contribution in [0.25, 0.3) is 0 Å². The lowest BCUT2D eigenvalue weighted by molar-refractivity contribution is -0.144. The summed E-state index contributed by atoms with van der Waals surface area (Å²) in [5.74, 6) is -0.0152. The highest BCUT2D eigenvalue weighted by atomic mass is 28.4. The molecule has 0 amide bonds. The third kappa shape index (κ3) is 7.33. The summed E-state index contributed by atoms with van der Waals surface area (Å²) in [4.78, 5) is 12.3. The van der Waals surface area contributed by atoms with Crippen LogP contribution in [-0.4, -0.2) is 28.7 Å². The molecule has 2 atom stereocenters. The Kier molecular flexibility index (Phi) is 6.30. The molecular formula is C13H30O3Si2. The van der Waals surface area contributed by atoms with Crippen LogP contribution in [0.2, 0.25) is 39.3 Å². The number of carbonyl (C=O) groups is 1. The van der Waals surface area contributed by atoms with Crippen molar-refractivity contribution in [2.24, 2.45) is 11.8 Å². The van der Waals surface area contributed by atoms with Crippen molar-refractivity contribution < 1.29 is 13.6 Å². The zero-order chi connectivity index (χ0) is 14.7. The van der Waals surface area contributed by atoms with Gasteiger partial charge in [0, 0.05) is 0 Å². The second kappa shape index (κ2) is 6.34. The van der Waals surface area contributed by atoms with Crippen molar-refractivity contribution in [3.8, 4) is 0 Å². The predicted molar refractivity (Wildman–Crippen MR) is 81.7 cm³/mol. The van der Waals surface area contributed by atoms with Gasteiger partial charge in [0.1, 0.15) is 0 Å². The third-order valence-electron chi connectivity index (χ3n) is 2.44. The zero-order valence-electron chi connectivity index (χ0n) is 13.5. The van der Waals surface area contributed by atoms with E-state index in [0.717, 1.165) is 0 Å². The minimum Gasteiger partial charge on any atom is -0.520 e. The fourth-order valence-corrected chi connectivity index (χ4v) is 4.01. The van der Waals surface area contributed by atoms with Gasteiger partial charge in [0.05, 0.1) is 12.0 Å². The number of hydrogen-bond donors (Lipinski definition) is 0. The van der Waals surface area contributed by atoms with E-state index in [1.807, 2.05) is 26.6 Å². The topological polar surface area (TPSA) is 35.5 Å². The van der Waals surface area contributed by atoms with Gasteiger partial charge >= 0.3 is 0 Å². The number of rotatable bonds is 6. The van der Waals surface area contributed by atoms with E-state index in [-0.39, 0.29) is 23.9 Å². The van der Waals surface area contributed by atoms with Crippen molar-refractivity contribution in [3.05, 3.63) is 0 Å². The smallest absolute Gasteiger partial charge is 0.298 e. The van der Waals surface area contributed by atoms with E-state index in [4.69, 9.17) is 8.85 Å². The van der Waals surface area contributed by atoms with Crippen molar-refractivity contribution in [3.63, 3.8) is 0 Å². The molecule has 0 spiro atoms. The second-order valence-electron chi connectivity index (χ2n) is 7.24. The van der Waals surface area contributed by atoms with E-state index in [2.05, 4.69) is 33.5 Å². The van der Waals surface area contributed by atoms with Crippen LogP contribution in [0.1, 0.15) is 20.8 Å². The van der Waals surface area contributed by atoms with Gasteiger partial charge in [0.15, 0.2) is 8.32 Å². The Morgan fingerprint density at radius 1 is 0.889 bits per heavy atom. The monoisotopic (exact) mass is 290 g/mol. The van der Waals surface area contributed by atoms with Crippen molar-refractivity contribution in [1.29, 1.82) is 0 Å². The van der Waals surface area contributed by atoms with E-state index in [0.29, 0.717) is 0 Å². The maximum atomic E-state index is 12.3. The highest BCUT2D eigenvalue weighted by Crippen LogP contribution is 2.24. The van der Waals surface area contributed by atoms with Crippen LogP contribution in [0, 0.1) is 11.8 Å². The van der Waals surface area contributed by atoms with Gasteiger partial charge in [-0.2, -0.15) is 0 Å². The van der Waals surface area contributed by atoms with Crippen LogP contribution < -0.4 is 0 Å². The summed E-state index contributed by atoms with van der Waals surface area (Å²) < 4.78 is 11.7. The Morgan fingerprint density at radius 3 is 1.61 bits per heavy atom. The fourth-order valence-electron chi connectivity index (χ4n) is 2.01.